The van der Waals surface area contributed by atoms with Gasteiger partial charge in [0.25, 0.3) is 5.88 Å². The van der Waals surface area contributed by atoms with Crippen molar-refractivity contribution in [1.29, 1.82) is 0 Å². The lowest BCUT2D eigenvalue weighted by molar-refractivity contribution is 0.230. The third-order valence-electron chi connectivity index (χ3n) is 6.35. The van der Waals surface area contributed by atoms with Gasteiger partial charge < -0.3 is 20.5 Å². The Bertz CT molecular complexity index is 1270. The van der Waals surface area contributed by atoms with E-state index >= 15 is 0 Å². The number of allylic oxidation sites excluding steroid dienone is 1. The molecular weight excluding hydrogens is 516 g/mol. The van der Waals surface area contributed by atoms with Gasteiger partial charge in [-0.25, -0.2) is 9.97 Å². The van der Waals surface area contributed by atoms with Gasteiger partial charge in [-0.05, 0) is 50.2 Å². The Hall–Kier alpha value is -3.76. The average Bonchev–Trinajstić information content (AvgIpc) is 3.38. The molecule has 1 aromatic carbocycles. The van der Waals surface area contributed by atoms with Crippen LogP contribution in [0.25, 0.3) is 5.57 Å². The molecule has 39 heavy (non-hydrogen) atoms. The third-order valence-corrected chi connectivity index (χ3v) is 6.66. The molecule has 3 N–H and O–H groups in total. The molecule has 4 rings (SSSR count). The molecule has 1 fully saturated rings. The van der Waals surface area contributed by atoms with Gasteiger partial charge in [0.05, 0.1) is 17.3 Å². The summed E-state index contributed by atoms with van der Waals surface area (Å²) in [5, 5.41) is 8.58. The van der Waals surface area contributed by atoms with Gasteiger partial charge in [-0.15, -0.1) is 5.10 Å². The topological polar surface area (TPSA) is 125 Å². The summed E-state index contributed by atoms with van der Waals surface area (Å²) in [5.41, 5.74) is 8.05. The summed E-state index contributed by atoms with van der Waals surface area (Å²) < 4.78 is 13.9. The van der Waals surface area contributed by atoms with Gasteiger partial charge in [-0.3, -0.25) is 14.7 Å². The molecule has 1 saturated carbocycles. The number of anilines is 1. The quantitative estimate of drug-likeness (QED) is 0.276. The number of nitrogens with zero attached hydrogens (tertiary/aromatic N) is 6. The fourth-order valence-electron chi connectivity index (χ4n) is 4.27. The van der Waals surface area contributed by atoms with E-state index in [-0.39, 0.29) is 12.7 Å². The number of benzene rings is 1. The Morgan fingerprint density at radius 3 is 2.82 bits per heavy atom. The number of hydrogen-bond donors (Lipinski definition) is 2. The summed E-state index contributed by atoms with van der Waals surface area (Å²) in [7, 11) is 0. The van der Waals surface area contributed by atoms with Crippen LogP contribution in [-0.4, -0.2) is 52.0 Å². The number of nitrogens with two attached hydrogens (primary N) is 1. The number of halogens is 1. The zero-order valence-corrected chi connectivity index (χ0v) is 22.9. The van der Waals surface area contributed by atoms with E-state index in [0.717, 1.165) is 29.7 Å². The molecule has 0 amide bonds. The van der Waals surface area contributed by atoms with E-state index in [0.29, 0.717) is 41.7 Å². The predicted molar refractivity (Wildman–Crippen MR) is 156 cm³/mol. The summed E-state index contributed by atoms with van der Waals surface area (Å²) in [4.78, 5) is 17.0. The highest BCUT2D eigenvalue weighted by Gasteiger charge is 2.20. The van der Waals surface area contributed by atoms with E-state index < -0.39 is 0 Å². The molecular formula is C28H35ClN8O2. The second-order valence-corrected chi connectivity index (χ2v) is 9.70. The minimum atomic E-state index is -0.167. The summed E-state index contributed by atoms with van der Waals surface area (Å²) in [6, 6.07) is 7.64. The van der Waals surface area contributed by atoms with Crippen LogP contribution < -0.4 is 20.5 Å². The van der Waals surface area contributed by atoms with E-state index in [2.05, 4.69) is 32.0 Å². The van der Waals surface area contributed by atoms with Crippen LogP contribution in [0.2, 0.25) is 5.02 Å². The Morgan fingerprint density at radius 2 is 2.08 bits per heavy atom. The number of rotatable bonds is 13. The molecule has 206 valence electrons. The fourth-order valence-corrected chi connectivity index (χ4v) is 4.43. The second kappa shape index (κ2) is 14.4. The van der Waals surface area contributed by atoms with E-state index in [1.54, 1.807) is 36.9 Å². The number of aromatic nitrogens is 4. The van der Waals surface area contributed by atoms with Crippen molar-refractivity contribution in [2.45, 2.75) is 57.8 Å². The van der Waals surface area contributed by atoms with Crippen molar-refractivity contribution >= 4 is 35.8 Å². The van der Waals surface area contributed by atoms with Crippen LogP contribution in [0.5, 0.6) is 11.6 Å². The summed E-state index contributed by atoms with van der Waals surface area (Å²) in [5.74, 6) is 1.64. The van der Waals surface area contributed by atoms with Crippen molar-refractivity contribution in [3.8, 4) is 11.6 Å². The Morgan fingerprint density at radius 1 is 1.28 bits per heavy atom. The zero-order chi connectivity index (χ0) is 27.5. The fraction of sp³-hybridized carbons (Fsp3) is 0.393. The number of hydrogen-bond acceptors (Lipinski definition) is 9. The van der Waals surface area contributed by atoms with Crippen molar-refractivity contribution < 1.29 is 9.47 Å². The van der Waals surface area contributed by atoms with Crippen molar-refractivity contribution in [1.82, 2.24) is 19.7 Å². The van der Waals surface area contributed by atoms with Crippen molar-refractivity contribution in [3.63, 3.8) is 0 Å². The molecule has 2 heterocycles. The zero-order valence-electron chi connectivity index (χ0n) is 22.2. The minimum absolute atomic E-state index is 0.167. The Balaban J connectivity index is 1.46. The van der Waals surface area contributed by atoms with E-state index in [1.807, 2.05) is 29.9 Å². The highest BCUT2D eigenvalue weighted by atomic mass is 35.5. The average molecular weight is 551 g/mol. The smallest absolute Gasteiger partial charge is 0.257 e. The number of nitrogens with one attached hydrogen (secondary N) is 1. The Labute approximate surface area is 234 Å². The van der Waals surface area contributed by atoms with Gasteiger partial charge in [-0.1, -0.05) is 36.9 Å². The Kier molecular flexibility index (Phi) is 10.4. The maximum atomic E-state index is 6.32. The lowest BCUT2D eigenvalue weighted by Gasteiger charge is -2.21. The van der Waals surface area contributed by atoms with Gasteiger partial charge in [0.15, 0.2) is 5.82 Å². The van der Waals surface area contributed by atoms with E-state index in [9.17, 15) is 0 Å². The lowest BCUT2D eigenvalue weighted by atomic mass is 9.96. The molecule has 10 nitrogen and oxygen atoms in total. The number of ether oxygens (including phenoxy) is 2. The summed E-state index contributed by atoms with van der Waals surface area (Å²) >= 11 is 6.32. The standard InChI is InChI=1S/C28H35ClN8O2/c1-20(14-30)39-26-13-21(9-10-24(26)29)22(15-31-2)16-32-19-35-25-17-37(23-7-4-3-5-8-23)36-28(25)38-18-27-33-11-6-12-34-27/h6,9-13,15-17,20,23,35H,2-5,7-8,14,18-19,30H2,1H3/b22-15+,32-16-/t20-/m0/s1. The van der Waals surface area contributed by atoms with Crippen LogP contribution in [0, 0.1) is 0 Å². The molecule has 1 aliphatic rings. The molecule has 11 heteroatoms. The molecule has 1 aliphatic carbocycles. The molecule has 0 bridgehead atoms. The van der Waals surface area contributed by atoms with Gasteiger partial charge in [0.1, 0.15) is 30.8 Å². The normalized spacial score (nSPS) is 15.3. The molecule has 0 saturated heterocycles. The van der Waals surface area contributed by atoms with Gasteiger partial charge in [0, 0.05) is 36.9 Å². The third kappa shape index (κ3) is 8.11. The SMILES string of the molecule is C=N/C=C(\C=N/CNc1cn(C2CCCCC2)nc1OCc1ncccn1)c1ccc(Cl)c(O[C@@H](C)CN)c1. The highest BCUT2D eigenvalue weighted by Crippen LogP contribution is 2.32. The van der Waals surface area contributed by atoms with Gasteiger partial charge in [-0.2, -0.15) is 0 Å². The van der Waals surface area contributed by atoms with Crippen molar-refractivity contribution in [3.05, 3.63) is 65.5 Å². The highest BCUT2D eigenvalue weighted by molar-refractivity contribution is 6.32. The van der Waals surface area contributed by atoms with Crippen molar-refractivity contribution in [2.24, 2.45) is 15.7 Å². The first-order valence-corrected chi connectivity index (χ1v) is 13.5. The van der Waals surface area contributed by atoms with Crippen LogP contribution in [0.3, 0.4) is 0 Å². The molecule has 0 spiro atoms. The maximum Gasteiger partial charge on any atom is 0.257 e. The van der Waals surface area contributed by atoms with Gasteiger partial charge >= 0.3 is 0 Å². The van der Waals surface area contributed by atoms with Crippen LogP contribution in [0.15, 0.2) is 59.0 Å². The second-order valence-electron chi connectivity index (χ2n) is 9.30. The van der Waals surface area contributed by atoms with Gasteiger partial charge in [0.2, 0.25) is 0 Å². The first-order valence-electron chi connectivity index (χ1n) is 13.1. The maximum absolute atomic E-state index is 6.32. The van der Waals surface area contributed by atoms with Crippen LogP contribution in [-0.2, 0) is 6.61 Å². The predicted octanol–water partition coefficient (Wildman–Crippen LogP) is 5.32. The first kappa shape index (κ1) is 28.3. The lowest BCUT2D eigenvalue weighted by Crippen LogP contribution is -2.23. The molecule has 0 aliphatic heterocycles. The minimum Gasteiger partial charge on any atom is -0.488 e. The molecule has 0 radical (unpaired) electrons. The summed E-state index contributed by atoms with van der Waals surface area (Å²) in [6.45, 7) is 6.38. The molecule has 0 unspecified atom stereocenters. The number of aliphatic imine (C=N–C) groups is 2. The monoisotopic (exact) mass is 550 g/mol. The van der Waals surface area contributed by atoms with E-state index in [1.165, 1.54) is 19.3 Å². The van der Waals surface area contributed by atoms with Crippen LogP contribution in [0.4, 0.5) is 5.69 Å². The molecule has 2 aromatic heterocycles. The largest absolute Gasteiger partial charge is 0.488 e. The molecule has 1 atom stereocenters. The first-order chi connectivity index (χ1) is 19.1. The molecule has 3 aromatic rings. The van der Waals surface area contributed by atoms with Crippen LogP contribution in [0.1, 0.15) is 56.5 Å². The van der Waals surface area contributed by atoms with Crippen molar-refractivity contribution in [2.75, 3.05) is 18.5 Å². The van der Waals surface area contributed by atoms with Crippen LogP contribution >= 0.6 is 11.6 Å². The summed E-state index contributed by atoms with van der Waals surface area (Å²) in [6.07, 6.45) is 14.5. The van der Waals surface area contributed by atoms with E-state index in [4.69, 9.17) is 31.9 Å².